The minimum absolute atomic E-state index is 0.588. The lowest BCUT2D eigenvalue weighted by Crippen LogP contribution is -2.07. The molecule has 23 heavy (non-hydrogen) atoms. The maximum atomic E-state index is 6.16. The first kappa shape index (κ1) is 14.7. The molecule has 2 aromatic heterocycles. The van der Waals surface area contributed by atoms with Gasteiger partial charge in [0.15, 0.2) is 5.76 Å². The number of furan rings is 1. The molecule has 0 spiro atoms. The Morgan fingerprint density at radius 2 is 1.96 bits per heavy atom. The molecule has 1 N–H and O–H groups in total. The fourth-order valence-corrected chi connectivity index (χ4v) is 3.48. The molecular formula is C17H15Cl2N3O. The molecule has 0 aliphatic carbocycles. The zero-order valence-electron chi connectivity index (χ0n) is 12.4. The summed E-state index contributed by atoms with van der Waals surface area (Å²) in [7, 11) is 0. The smallest absolute Gasteiger partial charge is 0.154 e. The van der Waals surface area contributed by atoms with Crippen molar-refractivity contribution in [2.75, 3.05) is 11.9 Å². The molecule has 1 aliphatic rings. The maximum absolute atomic E-state index is 6.16. The molecule has 0 saturated carbocycles. The highest BCUT2D eigenvalue weighted by Crippen LogP contribution is 2.35. The van der Waals surface area contributed by atoms with Gasteiger partial charge in [-0.3, -0.25) is 0 Å². The number of benzene rings is 1. The molecule has 0 radical (unpaired) electrons. The van der Waals surface area contributed by atoms with E-state index in [4.69, 9.17) is 32.7 Å². The fraction of sp³-hybridized carbons (Fsp3) is 0.235. The summed E-state index contributed by atoms with van der Waals surface area (Å²) in [5.41, 5.74) is 2.88. The minimum atomic E-state index is 0.588. The molecule has 0 unspecified atom stereocenters. The van der Waals surface area contributed by atoms with E-state index in [0.29, 0.717) is 10.0 Å². The van der Waals surface area contributed by atoms with Crippen molar-refractivity contribution in [1.29, 1.82) is 0 Å². The third-order valence-corrected chi connectivity index (χ3v) is 4.41. The molecule has 118 valence electrons. The van der Waals surface area contributed by atoms with E-state index in [1.807, 2.05) is 28.9 Å². The van der Waals surface area contributed by atoms with Crippen LogP contribution in [0.1, 0.15) is 18.4 Å². The SMILES string of the molecule is Clc1cc(Cl)cc(-n2nc(-c3ccco3)c3c2NCCCC3)c1. The van der Waals surface area contributed by atoms with Gasteiger partial charge >= 0.3 is 0 Å². The standard InChI is InChI=1S/C17H15Cl2N3O/c18-11-8-12(19)10-13(9-11)22-17-14(4-1-2-6-20-17)16(21-22)15-5-3-7-23-15/h3,5,7-10,20H,1-2,4,6H2. The van der Waals surface area contributed by atoms with Crippen LogP contribution in [0.2, 0.25) is 10.0 Å². The van der Waals surface area contributed by atoms with Crippen LogP contribution in [0.3, 0.4) is 0 Å². The number of anilines is 1. The van der Waals surface area contributed by atoms with Crippen LogP contribution in [0, 0.1) is 0 Å². The average Bonchev–Trinajstić information content (AvgIpc) is 3.08. The molecule has 3 aromatic rings. The van der Waals surface area contributed by atoms with Crippen molar-refractivity contribution in [1.82, 2.24) is 9.78 Å². The zero-order chi connectivity index (χ0) is 15.8. The van der Waals surface area contributed by atoms with Gasteiger partial charge in [0, 0.05) is 22.2 Å². The van der Waals surface area contributed by atoms with Crippen LogP contribution in [-0.2, 0) is 6.42 Å². The number of hydrogen-bond donors (Lipinski definition) is 1. The van der Waals surface area contributed by atoms with Crippen LogP contribution in [0.15, 0.2) is 41.0 Å². The molecule has 1 aliphatic heterocycles. The Balaban J connectivity index is 1.93. The monoisotopic (exact) mass is 347 g/mol. The van der Waals surface area contributed by atoms with Gasteiger partial charge in [-0.2, -0.15) is 5.10 Å². The second-order valence-electron chi connectivity index (χ2n) is 5.58. The summed E-state index contributed by atoms with van der Waals surface area (Å²) in [6, 6.07) is 9.25. The van der Waals surface area contributed by atoms with E-state index in [1.165, 1.54) is 5.56 Å². The molecule has 6 heteroatoms. The van der Waals surface area contributed by atoms with Crippen LogP contribution >= 0.6 is 23.2 Å². The van der Waals surface area contributed by atoms with Crippen molar-refractivity contribution in [2.45, 2.75) is 19.3 Å². The van der Waals surface area contributed by atoms with Crippen LogP contribution in [0.25, 0.3) is 17.1 Å². The van der Waals surface area contributed by atoms with Gasteiger partial charge in [0.2, 0.25) is 0 Å². The van der Waals surface area contributed by atoms with E-state index >= 15 is 0 Å². The molecule has 0 saturated heterocycles. The van der Waals surface area contributed by atoms with Crippen LogP contribution in [0.4, 0.5) is 5.82 Å². The first-order valence-electron chi connectivity index (χ1n) is 7.58. The lowest BCUT2D eigenvalue weighted by molar-refractivity contribution is 0.578. The highest BCUT2D eigenvalue weighted by molar-refractivity contribution is 6.34. The summed E-state index contributed by atoms with van der Waals surface area (Å²) in [5, 5.41) is 9.43. The summed E-state index contributed by atoms with van der Waals surface area (Å²) in [6.07, 6.45) is 4.88. The first-order chi connectivity index (χ1) is 11.2. The number of nitrogens with one attached hydrogen (secondary N) is 1. The van der Waals surface area contributed by atoms with Crippen LogP contribution < -0.4 is 5.32 Å². The molecule has 0 fully saturated rings. The predicted molar refractivity (Wildman–Crippen MR) is 92.7 cm³/mol. The Morgan fingerprint density at radius 3 is 2.70 bits per heavy atom. The normalized spacial score (nSPS) is 14.2. The molecule has 3 heterocycles. The minimum Gasteiger partial charge on any atom is -0.463 e. The van der Waals surface area contributed by atoms with E-state index in [1.54, 1.807) is 12.3 Å². The molecular weight excluding hydrogens is 333 g/mol. The number of rotatable bonds is 2. The van der Waals surface area contributed by atoms with Crippen molar-refractivity contribution < 1.29 is 4.42 Å². The van der Waals surface area contributed by atoms with Crippen molar-refractivity contribution in [2.24, 2.45) is 0 Å². The molecule has 4 nitrogen and oxygen atoms in total. The third kappa shape index (κ3) is 2.73. The largest absolute Gasteiger partial charge is 0.463 e. The van der Waals surface area contributed by atoms with Gasteiger partial charge in [-0.25, -0.2) is 4.68 Å². The molecule has 1 aromatic carbocycles. The van der Waals surface area contributed by atoms with E-state index in [2.05, 4.69) is 5.32 Å². The zero-order valence-corrected chi connectivity index (χ0v) is 13.9. The lowest BCUT2D eigenvalue weighted by atomic mass is 10.1. The van der Waals surface area contributed by atoms with Crippen molar-refractivity contribution in [3.05, 3.63) is 52.2 Å². The molecule has 0 amide bonds. The highest BCUT2D eigenvalue weighted by atomic mass is 35.5. The Labute approximate surface area is 144 Å². The molecule has 0 atom stereocenters. The summed E-state index contributed by atoms with van der Waals surface area (Å²) in [6.45, 7) is 0.921. The van der Waals surface area contributed by atoms with E-state index in [-0.39, 0.29) is 0 Å². The van der Waals surface area contributed by atoms with Crippen molar-refractivity contribution in [3.63, 3.8) is 0 Å². The van der Waals surface area contributed by atoms with Gasteiger partial charge in [0.1, 0.15) is 11.5 Å². The molecule has 0 bridgehead atoms. The van der Waals surface area contributed by atoms with Gasteiger partial charge in [-0.15, -0.1) is 0 Å². The fourth-order valence-electron chi connectivity index (χ4n) is 2.96. The Morgan fingerprint density at radius 1 is 1.13 bits per heavy atom. The second kappa shape index (κ2) is 5.95. The summed E-state index contributed by atoms with van der Waals surface area (Å²) >= 11 is 12.3. The lowest BCUT2D eigenvalue weighted by Gasteiger charge is -2.10. The number of hydrogen-bond acceptors (Lipinski definition) is 3. The van der Waals surface area contributed by atoms with E-state index in [0.717, 1.165) is 48.8 Å². The maximum Gasteiger partial charge on any atom is 0.154 e. The quantitative estimate of drug-likeness (QED) is 0.693. The second-order valence-corrected chi connectivity index (χ2v) is 6.45. The summed E-state index contributed by atoms with van der Waals surface area (Å²) < 4.78 is 7.44. The van der Waals surface area contributed by atoms with E-state index in [9.17, 15) is 0 Å². The molecule has 4 rings (SSSR count). The van der Waals surface area contributed by atoms with Crippen LogP contribution in [0.5, 0.6) is 0 Å². The van der Waals surface area contributed by atoms with Gasteiger partial charge in [-0.1, -0.05) is 23.2 Å². The predicted octanol–water partition coefficient (Wildman–Crippen LogP) is 5.19. The van der Waals surface area contributed by atoms with Crippen molar-refractivity contribution >= 4 is 29.0 Å². The first-order valence-corrected chi connectivity index (χ1v) is 8.34. The topological polar surface area (TPSA) is 43.0 Å². The number of aromatic nitrogens is 2. The Hall–Kier alpha value is -1.91. The number of halogens is 2. The number of fused-ring (bicyclic) bond motifs is 1. The summed E-state index contributed by atoms with van der Waals surface area (Å²) in [5.74, 6) is 1.77. The third-order valence-electron chi connectivity index (χ3n) is 3.98. The number of nitrogens with zero attached hydrogens (tertiary/aromatic N) is 2. The van der Waals surface area contributed by atoms with Gasteiger partial charge in [0.25, 0.3) is 0 Å². The van der Waals surface area contributed by atoms with Gasteiger partial charge in [0.05, 0.1) is 12.0 Å². The van der Waals surface area contributed by atoms with Crippen molar-refractivity contribution in [3.8, 4) is 17.1 Å². The van der Waals surface area contributed by atoms with Crippen LogP contribution in [-0.4, -0.2) is 16.3 Å². The van der Waals surface area contributed by atoms with Gasteiger partial charge < -0.3 is 9.73 Å². The van der Waals surface area contributed by atoms with E-state index < -0.39 is 0 Å². The Kier molecular flexibility index (Phi) is 3.79. The Bertz CT molecular complexity index is 820. The highest BCUT2D eigenvalue weighted by Gasteiger charge is 2.23. The van der Waals surface area contributed by atoms with Gasteiger partial charge in [-0.05, 0) is 49.6 Å². The average molecular weight is 348 g/mol. The summed E-state index contributed by atoms with van der Waals surface area (Å²) in [4.78, 5) is 0.